The summed E-state index contributed by atoms with van der Waals surface area (Å²) in [5.74, 6) is -2.35. The van der Waals surface area contributed by atoms with Crippen LogP contribution in [0.3, 0.4) is 0 Å². The molecule has 1 amide bonds. The number of primary amides is 1. The number of hydrogen-bond donors (Lipinski definition) is 2. The molecule has 3 aromatic carbocycles. The minimum Gasteiger partial charge on any atom is -0.478 e. The summed E-state index contributed by atoms with van der Waals surface area (Å²) in [6.07, 6.45) is 2.31. The molecule has 158 valence electrons. The van der Waals surface area contributed by atoms with Crippen LogP contribution in [0.4, 0.5) is 5.69 Å². The van der Waals surface area contributed by atoms with E-state index in [1.165, 1.54) is 12.1 Å². The van der Waals surface area contributed by atoms with Crippen LogP contribution in [0, 0.1) is 0 Å². The number of carbonyl (C=O) groups excluding carboxylic acids is 1. The van der Waals surface area contributed by atoms with E-state index in [2.05, 4.69) is 17.0 Å². The summed E-state index contributed by atoms with van der Waals surface area (Å²) in [7, 11) is 0. The Morgan fingerprint density at radius 2 is 1.42 bits per heavy atom. The summed E-state index contributed by atoms with van der Waals surface area (Å²) in [5, 5.41) is 9.25. The summed E-state index contributed by atoms with van der Waals surface area (Å²) in [6.45, 7) is 1.99. The fraction of sp³-hybridized carbons (Fsp3) is 0.231. The summed E-state index contributed by atoms with van der Waals surface area (Å²) < 4.78 is 0. The van der Waals surface area contributed by atoms with Crippen LogP contribution in [0.2, 0.25) is 0 Å². The van der Waals surface area contributed by atoms with Crippen LogP contribution in [0.1, 0.15) is 51.7 Å². The van der Waals surface area contributed by atoms with E-state index in [0.717, 1.165) is 42.7 Å². The second-order valence-electron chi connectivity index (χ2n) is 7.95. The molecule has 2 unspecified atom stereocenters. The highest BCUT2D eigenvalue weighted by molar-refractivity contribution is 5.88. The number of carbonyl (C=O) groups is 2. The van der Waals surface area contributed by atoms with Gasteiger partial charge in [0.05, 0.1) is 11.5 Å². The van der Waals surface area contributed by atoms with Crippen molar-refractivity contribution in [1.29, 1.82) is 0 Å². The van der Waals surface area contributed by atoms with E-state index >= 15 is 0 Å². The molecule has 0 saturated carbocycles. The Bertz CT molecular complexity index is 1060. The van der Waals surface area contributed by atoms with Crippen molar-refractivity contribution in [3.05, 3.63) is 101 Å². The molecule has 3 aromatic rings. The van der Waals surface area contributed by atoms with Crippen molar-refractivity contribution >= 4 is 17.6 Å². The van der Waals surface area contributed by atoms with Gasteiger partial charge in [0.2, 0.25) is 5.91 Å². The number of carboxylic acids is 1. The van der Waals surface area contributed by atoms with Gasteiger partial charge in [-0.1, -0.05) is 60.7 Å². The number of nitrogens with two attached hydrogens (primary N) is 1. The quantitative estimate of drug-likeness (QED) is 0.601. The van der Waals surface area contributed by atoms with Crippen molar-refractivity contribution < 1.29 is 14.7 Å². The molecule has 3 N–H and O–H groups in total. The van der Waals surface area contributed by atoms with Gasteiger partial charge in [-0.2, -0.15) is 0 Å². The molecular formula is C26H26N2O3. The molecule has 0 aliphatic carbocycles. The lowest BCUT2D eigenvalue weighted by molar-refractivity contribution is -0.119. The van der Waals surface area contributed by atoms with Crippen LogP contribution in [-0.4, -0.2) is 30.1 Å². The molecule has 1 aliphatic rings. The molecule has 1 heterocycles. The van der Waals surface area contributed by atoms with Crippen molar-refractivity contribution in [1.82, 2.24) is 0 Å². The van der Waals surface area contributed by atoms with Crippen molar-refractivity contribution in [2.45, 2.75) is 24.7 Å². The largest absolute Gasteiger partial charge is 0.478 e. The van der Waals surface area contributed by atoms with Gasteiger partial charge in [-0.15, -0.1) is 0 Å². The van der Waals surface area contributed by atoms with Crippen molar-refractivity contribution in [2.75, 3.05) is 18.0 Å². The Morgan fingerprint density at radius 1 is 0.806 bits per heavy atom. The molecule has 5 heteroatoms. The number of para-hydroxylation sites is 1. The van der Waals surface area contributed by atoms with Crippen molar-refractivity contribution in [3.8, 4) is 0 Å². The minimum atomic E-state index is -0.999. The lowest BCUT2D eigenvalue weighted by Gasteiger charge is -2.31. The van der Waals surface area contributed by atoms with Crippen LogP contribution in [0.15, 0.2) is 78.9 Å². The second-order valence-corrected chi connectivity index (χ2v) is 7.95. The fourth-order valence-corrected chi connectivity index (χ4v) is 4.56. The first-order valence-electron chi connectivity index (χ1n) is 10.6. The molecule has 0 spiro atoms. The second kappa shape index (κ2) is 9.04. The van der Waals surface area contributed by atoms with Gasteiger partial charge in [-0.25, -0.2) is 4.79 Å². The van der Waals surface area contributed by atoms with E-state index in [1.807, 2.05) is 42.5 Å². The van der Waals surface area contributed by atoms with E-state index in [0.29, 0.717) is 5.56 Å². The number of aromatic carboxylic acids is 1. The van der Waals surface area contributed by atoms with Gasteiger partial charge in [0.1, 0.15) is 0 Å². The summed E-state index contributed by atoms with van der Waals surface area (Å²) >= 11 is 0. The normalized spacial score (nSPS) is 15.4. The number of hydrogen-bond acceptors (Lipinski definition) is 3. The predicted octanol–water partition coefficient (Wildman–Crippen LogP) is 4.39. The first kappa shape index (κ1) is 20.7. The van der Waals surface area contributed by atoms with Crippen LogP contribution >= 0.6 is 0 Å². The average molecular weight is 415 g/mol. The molecule has 2 atom stereocenters. The third-order valence-corrected chi connectivity index (χ3v) is 6.03. The SMILES string of the molecule is NC(=O)C(c1ccc(C(=O)O)cc1)C(c1ccccc1)c1ccccc1N1CCCC1. The number of benzene rings is 3. The fourth-order valence-electron chi connectivity index (χ4n) is 4.56. The number of carboxylic acid groups (broad SMARTS) is 1. The highest BCUT2D eigenvalue weighted by atomic mass is 16.4. The van der Waals surface area contributed by atoms with E-state index < -0.39 is 17.8 Å². The molecule has 4 rings (SSSR count). The maximum absolute atomic E-state index is 12.8. The van der Waals surface area contributed by atoms with E-state index in [9.17, 15) is 14.7 Å². The molecule has 1 fully saturated rings. The van der Waals surface area contributed by atoms with Crippen LogP contribution in [-0.2, 0) is 4.79 Å². The van der Waals surface area contributed by atoms with Gasteiger partial charge in [-0.05, 0) is 47.7 Å². The topological polar surface area (TPSA) is 83.6 Å². The molecular weight excluding hydrogens is 388 g/mol. The molecule has 1 aliphatic heterocycles. The molecule has 0 radical (unpaired) electrons. The highest BCUT2D eigenvalue weighted by Crippen LogP contribution is 2.43. The highest BCUT2D eigenvalue weighted by Gasteiger charge is 2.33. The zero-order chi connectivity index (χ0) is 21.8. The summed E-state index contributed by atoms with van der Waals surface area (Å²) in [5.41, 5.74) is 10.1. The van der Waals surface area contributed by atoms with E-state index in [-0.39, 0.29) is 11.5 Å². The van der Waals surface area contributed by atoms with E-state index in [4.69, 9.17) is 5.73 Å². The van der Waals surface area contributed by atoms with Gasteiger partial charge < -0.3 is 15.7 Å². The number of anilines is 1. The first-order valence-corrected chi connectivity index (χ1v) is 10.6. The molecule has 0 aromatic heterocycles. The van der Waals surface area contributed by atoms with Crippen molar-refractivity contribution in [3.63, 3.8) is 0 Å². The maximum atomic E-state index is 12.8. The van der Waals surface area contributed by atoms with Gasteiger partial charge >= 0.3 is 5.97 Å². The summed E-state index contributed by atoms with van der Waals surface area (Å²) in [4.78, 5) is 26.5. The molecule has 31 heavy (non-hydrogen) atoms. The Balaban J connectivity index is 1.87. The van der Waals surface area contributed by atoms with Gasteiger partial charge in [0, 0.05) is 24.7 Å². The standard InChI is InChI=1S/C26H26N2O3/c27-25(29)24(19-12-14-20(15-13-19)26(30)31)23(18-8-2-1-3-9-18)21-10-4-5-11-22(21)28-16-6-7-17-28/h1-5,8-15,23-24H,6-7,16-17H2,(H2,27,29)(H,30,31). The third kappa shape index (κ3) is 4.31. The molecule has 1 saturated heterocycles. The van der Waals surface area contributed by atoms with Crippen LogP contribution in [0.25, 0.3) is 0 Å². The number of amides is 1. The van der Waals surface area contributed by atoms with Crippen molar-refractivity contribution in [2.24, 2.45) is 5.73 Å². The summed E-state index contributed by atoms with van der Waals surface area (Å²) in [6, 6.07) is 24.6. The van der Waals surface area contributed by atoms with Crippen LogP contribution in [0.5, 0.6) is 0 Å². The van der Waals surface area contributed by atoms with E-state index in [1.54, 1.807) is 12.1 Å². The Morgan fingerprint density at radius 3 is 2.03 bits per heavy atom. The Kier molecular flexibility index (Phi) is 6.03. The Hall–Kier alpha value is -3.60. The number of rotatable bonds is 7. The van der Waals surface area contributed by atoms with Crippen LogP contribution < -0.4 is 10.6 Å². The zero-order valence-electron chi connectivity index (χ0n) is 17.3. The average Bonchev–Trinajstić information content (AvgIpc) is 3.33. The molecule has 0 bridgehead atoms. The third-order valence-electron chi connectivity index (χ3n) is 6.03. The van der Waals surface area contributed by atoms with Gasteiger partial charge in [0.15, 0.2) is 0 Å². The lowest BCUT2D eigenvalue weighted by Crippen LogP contribution is -2.29. The maximum Gasteiger partial charge on any atom is 0.335 e. The van der Waals surface area contributed by atoms with Gasteiger partial charge in [0.25, 0.3) is 0 Å². The smallest absolute Gasteiger partial charge is 0.335 e. The Labute approximate surface area is 182 Å². The predicted molar refractivity (Wildman–Crippen MR) is 122 cm³/mol. The number of nitrogens with zero attached hydrogens (tertiary/aromatic N) is 1. The first-order chi connectivity index (χ1) is 15.1. The zero-order valence-corrected chi connectivity index (χ0v) is 17.3. The minimum absolute atomic E-state index is 0.181. The molecule has 5 nitrogen and oxygen atoms in total. The lowest BCUT2D eigenvalue weighted by atomic mass is 9.76. The van der Waals surface area contributed by atoms with Gasteiger partial charge in [-0.3, -0.25) is 4.79 Å². The monoisotopic (exact) mass is 414 g/mol.